The minimum Gasteiger partial charge on any atom is -0.408 e. The summed E-state index contributed by atoms with van der Waals surface area (Å²) in [7, 11) is 0. The molecule has 0 radical (unpaired) electrons. The number of H-pyrrole nitrogens is 1. The Morgan fingerprint density at radius 1 is 1.28 bits per heavy atom. The molecule has 2 rings (SSSR count). The van der Waals surface area contributed by atoms with Gasteiger partial charge in [0.05, 0.1) is 16.9 Å². The number of nitrogens with zero attached hydrogens (tertiary/aromatic N) is 1. The summed E-state index contributed by atoms with van der Waals surface area (Å²) >= 11 is 0. The molecular formula is C13H19N3O2. The van der Waals surface area contributed by atoms with E-state index in [2.05, 4.69) is 23.7 Å². The molecule has 1 heterocycles. The third-order valence-electron chi connectivity index (χ3n) is 2.90. The van der Waals surface area contributed by atoms with Gasteiger partial charge in [0.2, 0.25) is 0 Å². The minimum atomic E-state index is -0.445. The molecule has 0 aliphatic heterocycles. The van der Waals surface area contributed by atoms with Gasteiger partial charge in [0.15, 0.2) is 5.58 Å². The number of nitrogens with one attached hydrogen (secondary N) is 1. The number of aromatic nitrogens is 1. The van der Waals surface area contributed by atoms with Gasteiger partial charge < -0.3 is 15.1 Å². The van der Waals surface area contributed by atoms with Crippen LogP contribution in [0.15, 0.2) is 21.3 Å². The van der Waals surface area contributed by atoms with E-state index in [4.69, 9.17) is 10.2 Å². The molecule has 3 N–H and O–H groups in total. The van der Waals surface area contributed by atoms with Gasteiger partial charge in [0, 0.05) is 19.2 Å². The lowest BCUT2D eigenvalue weighted by Gasteiger charge is -2.25. The number of hydrogen-bond donors (Lipinski definition) is 2. The molecule has 5 heteroatoms. The van der Waals surface area contributed by atoms with Crippen LogP contribution in [0.4, 0.5) is 11.4 Å². The fourth-order valence-corrected chi connectivity index (χ4v) is 2.17. The number of anilines is 2. The number of fused-ring (bicyclic) bond motifs is 1. The Labute approximate surface area is 106 Å². The van der Waals surface area contributed by atoms with Gasteiger partial charge in [-0.05, 0) is 18.9 Å². The maximum absolute atomic E-state index is 11.2. The number of hydrogen-bond acceptors (Lipinski definition) is 4. The van der Waals surface area contributed by atoms with Gasteiger partial charge in [-0.1, -0.05) is 13.8 Å². The molecular weight excluding hydrogens is 230 g/mol. The van der Waals surface area contributed by atoms with E-state index in [0.717, 1.165) is 31.6 Å². The molecule has 0 aliphatic carbocycles. The Balaban J connectivity index is 2.47. The number of benzene rings is 1. The van der Waals surface area contributed by atoms with Gasteiger partial charge in [0.25, 0.3) is 0 Å². The Morgan fingerprint density at radius 2 is 1.94 bits per heavy atom. The van der Waals surface area contributed by atoms with Crippen LogP contribution < -0.4 is 16.4 Å². The molecule has 5 nitrogen and oxygen atoms in total. The molecule has 0 atom stereocenters. The lowest BCUT2D eigenvalue weighted by Crippen LogP contribution is -2.25. The predicted molar refractivity (Wildman–Crippen MR) is 74.0 cm³/mol. The maximum atomic E-state index is 11.2. The quantitative estimate of drug-likeness (QED) is 0.797. The number of nitrogens with two attached hydrogens (primary N) is 1. The second-order valence-electron chi connectivity index (χ2n) is 4.41. The molecule has 0 spiro atoms. The fraction of sp³-hybridized carbons (Fsp3) is 0.462. The average molecular weight is 249 g/mol. The van der Waals surface area contributed by atoms with Gasteiger partial charge in [-0.2, -0.15) is 0 Å². The van der Waals surface area contributed by atoms with Gasteiger partial charge in [-0.15, -0.1) is 0 Å². The zero-order valence-corrected chi connectivity index (χ0v) is 10.8. The van der Waals surface area contributed by atoms with E-state index in [1.165, 1.54) is 0 Å². The van der Waals surface area contributed by atoms with Crippen LogP contribution in [0.25, 0.3) is 11.1 Å². The highest BCUT2D eigenvalue weighted by Crippen LogP contribution is 2.28. The Hall–Kier alpha value is -1.91. The van der Waals surface area contributed by atoms with Crippen LogP contribution in [0.5, 0.6) is 0 Å². The first-order valence-electron chi connectivity index (χ1n) is 6.33. The van der Waals surface area contributed by atoms with Crippen molar-refractivity contribution in [2.45, 2.75) is 26.7 Å². The van der Waals surface area contributed by atoms with Crippen molar-refractivity contribution in [3.63, 3.8) is 0 Å². The summed E-state index contributed by atoms with van der Waals surface area (Å²) in [5.41, 5.74) is 8.85. The van der Waals surface area contributed by atoms with Crippen LogP contribution in [0.2, 0.25) is 0 Å². The van der Waals surface area contributed by atoms with Crippen molar-refractivity contribution < 1.29 is 4.42 Å². The number of rotatable bonds is 5. The molecule has 1 aromatic carbocycles. The highest BCUT2D eigenvalue weighted by Gasteiger charge is 2.12. The van der Waals surface area contributed by atoms with Crippen LogP contribution in [-0.2, 0) is 0 Å². The molecule has 98 valence electrons. The van der Waals surface area contributed by atoms with E-state index in [1.807, 2.05) is 6.07 Å². The van der Waals surface area contributed by atoms with E-state index < -0.39 is 5.76 Å². The van der Waals surface area contributed by atoms with Crippen molar-refractivity contribution in [2.24, 2.45) is 0 Å². The van der Waals surface area contributed by atoms with Gasteiger partial charge in [0.1, 0.15) is 0 Å². The first-order chi connectivity index (χ1) is 8.65. The highest BCUT2D eigenvalue weighted by atomic mass is 16.4. The lowest BCUT2D eigenvalue weighted by molar-refractivity contribution is 0.555. The predicted octanol–water partition coefficient (Wildman–Crippen LogP) is 2.33. The molecule has 0 unspecified atom stereocenters. The third-order valence-corrected chi connectivity index (χ3v) is 2.90. The summed E-state index contributed by atoms with van der Waals surface area (Å²) < 4.78 is 4.99. The zero-order valence-electron chi connectivity index (χ0n) is 10.8. The van der Waals surface area contributed by atoms with E-state index in [0.29, 0.717) is 16.8 Å². The van der Waals surface area contributed by atoms with Crippen molar-refractivity contribution >= 4 is 22.5 Å². The summed E-state index contributed by atoms with van der Waals surface area (Å²) in [6.07, 6.45) is 2.11. The summed E-state index contributed by atoms with van der Waals surface area (Å²) in [6, 6.07) is 3.60. The zero-order chi connectivity index (χ0) is 13.1. The average Bonchev–Trinajstić information content (AvgIpc) is 2.67. The molecule has 18 heavy (non-hydrogen) atoms. The van der Waals surface area contributed by atoms with Crippen molar-refractivity contribution in [2.75, 3.05) is 23.7 Å². The lowest BCUT2D eigenvalue weighted by atomic mass is 10.2. The SMILES string of the molecule is CCCN(CCC)c1cc2[nH]c(=O)oc2cc1N. The fourth-order valence-electron chi connectivity index (χ4n) is 2.17. The Kier molecular flexibility index (Phi) is 3.60. The molecule has 2 aromatic rings. The van der Waals surface area contributed by atoms with Gasteiger partial charge in [-0.25, -0.2) is 4.79 Å². The summed E-state index contributed by atoms with van der Waals surface area (Å²) in [4.78, 5) is 16.1. The van der Waals surface area contributed by atoms with Crippen LogP contribution in [0.3, 0.4) is 0 Å². The molecule has 0 aliphatic rings. The van der Waals surface area contributed by atoms with Crippen LogP contribution in [0.1, 0.15) is 26.7 Å². The van der Waals surface area contributed by atoms with Crippen molar-refractivity contribution in [3.8, 4) is 0 Å². The second-order valence-corrected chi connectivity index (χ2v) is 4.41. The van der Waals surface area contributed by atoms with E-state index >= 15 is 0 Å². The first-order valence-corrected chi connectivity index (χ1v) is 6.33. The molecule has 0 saturated heterocycles. The van der Waals surface area contributed by atoms with Crippen LogP contribution >= 0.6 is 0 Å². The van der Waals surface area contributed by atoms with Crippen molar-refractivity contribution in [3.05, 3.63) is 22.7 Å². The molecule has 0 saturated carbocycles. The van der Waals surface area contributed by atoms with Crippen LogP contribution in [0, 0.1) is 0 Å². The standard InChI is InChI=1S/C13H19N3O2/c1-3-5-16(6-4-2)11-8-10-12(7-9(11)14)18-13(17)15-10/h7-8H,3-6,14H2,1-2H3,(H,15,17). The minimum absolute atomic E-state index is 0.445. The topological polar surface area (TPSA) is 75.3 Å². The van der Waals surface area contributed by atoms with E-state index in [-0.39, 0.29) is 0 Å². The van der Waals surface area contributed by atoms with E-state index in [1.54, 1.807) is 6.07 Å². The third kappa shape index (κ3) is 2.34. The molecule has 1 aromatic heterocycles. The van der Waals surface area contributed by atoms with Crippen molar-refractivity contribution in [1.82, 2.24) is 4.98 Å². The molecule has 0 fully saturated rings. The number of nitrogen functional groups attached to an aromatic ring is 1. The largest absolute Gasteiger partial charge is 0.417 e. The Morgan fingerprint density at radius 3 is 2.56 bits per heavy atom. The molecule has 0 bridgehead atoms. The smallest absolute Gasteiger partial charge is 0.408 e. The molecule has 0 amide bonds. The maximum Gasteiger partial charge on any atom is 0.417 e. The summed E-state index contributed by atoms with van der Waals surface area (Å²) in [6.45, 7) is 6.17. The van der Waals surface area contributed by atoms with Gasteiger partial charge >= 0.3 is 5.76 Å². The normalized spacial score (nSPS) is 11.0. The van der Waals surface area contributed by atoms with Crippen LogP contribution in [-0.4, -0.2) is 18.1 Å². The van der Waals surface area contributed by atoms with Crippen molar-refractivity contribution in [1.29, 1.82) is 0 Å². The number of aromatic amines is 1. The highest BCUT2D eigenvalue weighted by molar-refractivity contribution is 5.85. The summed E-state index contributed by atoms with van der Waals surface area (Å²) in [5.74, 6) is -0.445. The second kappa shape index (κ2) is 5.16. The summed E-state index contributed by atoms with van der Waals surface area (Å²) in [5, 5.41) is 0. The Bertz CT molecular complexity index is 579. The number of oxazole rings is 1. The first kappa shape index (κ1) is 12.5. The van der Waals surface area contributed by atoms with Gasteiger partial charge in [-0.3, -0.25) is 4.98 Å². The monoisotopic (exact) mass is 249 g/mol. The van der Waals surface area contributed by atoms with E-state index in [9.17, 15) is 4.79 Å².